The second kappa shape index (κ2) is 8.59. The van der Waals surface area contributed by atoms with E-state index in [9.17, 15) is 0 Å². The summed E-state index contributed by atoms with van der Waals surface area (Å²) >= 11 is 4.08. The lowest BCUT2D eigenvalue weighted by atomic mass is 10.3. The number of nitrogens with zero attached hydrogens (tertiary/aromatic N) is 1. The number of thiol groups is 1. The summed E-state index contributed by atoms with van der Waals surface area (Å²) in [6.07, 6.45) is 1.10. The monoisotopic (exact) mass is 227 g/mol. The molecule has 4 N–H and O–H groups in total. The number of anilines is 1. The molecule has 0 atom stereocenters. The van der Waals surface area contributed by atoms with Crippen molar-refractivity contribution in [3.8, 4) is 0 Å². The van der Waals surface area contributed by atoms with E-state index < -0.39 is 0 Å². The Hall–Kier alpha value is -0.710. The predicted octanol–water partition coefficient (Wildman–Crippen LogP) is 1.45. The van der Waals surface area contributed by atoms with Crippen LogP contribution in [0.15, 0.2) is 29.2 Å². The van der Waals surface area contributed by atoms with E-state index in [0.717, 1.165) is 30.1 Å². The Morgan fingerprint density at radius 1 is 1.20 bits per heavy atom. The summed E-state index contributed by atoms with van der Waals surface area (Å²) in [6.45, 7) is 1.91. The average Bonchev–Trinajstić information content (AvgIpc) is 2.20. The highest BCUT2D eigenvalue weighted by Gasteiger charge is 1.84. The molecule has 0 aromatic heterocycles. The normalized spacial score (nSPS) is 9.67. The van der Waals surface area contributed by atoms with E-state index in [4.69, 9.17) is 11.5 Å². The minimum atomic E-state index is 0.780. The Balaban J connectivity index is 0.000000265. The summed E-state index contributed by atoms with van der Waals surface area (Å²) in [5.74, 6) is 0. The third-order valence-electron chi connectivity index (χ3n) is 1.70. The first-order chi connectivity index (χ1) is 7.06. The van der Waals surface area contributed by atoms with Gasteiger partial charge in [0.25, 0.3) is 0 Å². The van der Waals surface area contributed by atoms with Gasteiger partial charge in [-0.2, -0.15) is 0 Å². The van der Waals surface area contributed by atoms with Crippen LogP contribution >= 0.6 is 12.6 Å². The largest absolute Gasteiger partial charge is 0.399 e. The van der Waals surface area contributed by atoms with Gasteiger partial charge in [-0.1, -0.05) is 0 Å². The topological polar surface area (TPSA) is 55.3 Å². The van der Waals surface area contributed by atoms with Crippen LogP contribution in [0.25, 0.3) is 0 Å². The van der Waals surface area contributed by atoms with Crippen LogP contribution in [0, 0.1) is 0 Å². The summed E-state index contributed by atoms with van der Waals surface area (Å²) in [4.78, 5) is 3.08. The van der Waals surface area contributed by atoms with Crippen molar-refractivity contribution in [2.24, 2.45) is 5.73 Å². The van der Waals surface area contributed by atoms with E-state index >= 15 is 0 Å². The average molecular weight is 227 g/mol. The molecule has 0 saturated carbocycles. The van der Waals surface area contributed by atoms with Gasteiger partial charge in [0.05, 0.1) is 0 Å². The lowest BCUT2D eigenvalue weighted by Crippen LogP contribution is -2.16. The zero-order valence-corrected chi connectivity index (χ0v) is 10.4. The molecule has 3 nitrogen and oxygen atoms in total. The van der Waals surface area contributed by atoms with Crippen LogP contribution in [-0.2, 0) is 0 Å². The van der Waals surface area contributed by atoms with Gasteiger partial charge in [0.1, 0.15) is 0 Å². The number of benzene rings is 1. The van der Waals surface area contributed by atoms with Crippen molar-refractivity contribution in [1.82, 2.24) is 4.90 Å². The Labute approximate surface area is 97.9 Å². The van der Waals surface area contributed by atoms with Gasteiger partial charge in [0.15, 0.2) is 0 Å². The van der Waals surface area contributed by atoms with Crippen LogP contribution in [-0.4, -0.2) is 32.1 Å². The summed E-state index contributed by atoms with van der Waals surface area (Å²) in [7, 11) is 4.10. The number of nitrogen functional groups attached to an aromatic ring is 1. The molecular weight excluding hydrogens is 206 g/mol. The molecule has 0 aliphatic rings. The highest BCUT2D eigenvalue weighted by atomic mass is 32.1. The maximum Gasteiger partial charge on any atom is 0.0314 e. The first kappa shape index (κ1) is 14.3. The molecule has 15 heavy (non-hydrogen) atoms. The number of hydrogen-bond donors (Lipinski definition) is 3. The van der Waals surface area contributed by atoms with Crippen LogP contribution in [0.1, 0.15) is 6.42 Å². The van der Waals surface area contributed by atoms with Gasteiger partial charge in [0, 0.05) is 10.6 Å². The Kier molecular flexibility index (Phi) is 8.18. The van der Waals surface area contributed by atoms with Crippen molar-refractivity contribution in [1.29, 1.82) is 0 Å². The van der Waals surface area contributed by atoms with E-state index in [1.165, 1.54) is 0 Å². The van der Waals surface area contributed by atoms with Crippen LogP contribution in [0.3, 0.4) is 0 Å². The third-order valence-corrected chi connectivity index (χ3v) is 2.00. The fraction of sp³-hybridized carbons (Fsp3) is 0.455. The second-order valence-corrected chi connectivity index (χ2v) is 4.05. The van der Waals surface area contributed by atoms with Crippen LogP contribution < -0.4 is 11.5 Å². The maximum atomic E-state index is 5.39. The SMILES string of the molecule is CN(C)CCCN.Nc1ccc(S)cc1. The second-order valence-electron chi connectivity index (χ2n) is 3.54. The molecule has 0 unspecified atom stereocenters. The molecule has 4 heteroatoms. The van der Waals surface area contributed by atoms with Crippen LogP contribution in [0.4, 0.5) is 5.69 Å². The van der Waals surface area contributed by atoms with Crippen molar-refractivity contribution < 1.29 is 0 Å². The van der Waals surface area contributed by atoms with Gasteiger partial charge in [-0.3, -0.25) is 0 Å². The molecular formula is C11H21N3S. The molecule has 0 saturated heterocycles. The molecule has 0 bridgehead atoms. The molecule has 0 amide bonds. The van der Waals surface area contributed by atoms with Crippen molar-refractivity contribution in [3.05, 3.63) is 24.3 Å². The lowest BCUT2D eigenvalue weighted by Gasteiger charge is -2.05. The molecule has 0 heterocycles. The molecule has 0 aliphatic heterocycles. The maximum absolute atomic E-state index is 5.39. The van der Waals surface area contributed by atoms with Gasteiger partial charge in [-0.25, -0.2) is 0 Å². The van der Waals surface area contributed by atoms with Crippen LogP contribution in [0.2, 0.25) is 0 Å². The van der Waals surface area contributed by atoms with Crippen molar-refractivity contribution >= 4 is 18.3 Å². The van der Waals surface area contributed by atoms with Gasteiger partial charge >= 0.3 is 0 Å². The molecule has 1 rings (SSSR count). The highest BCUT2D eigenvalue weighted by molar-refractivity contribution is 7.80. The van der Waals surface area contributed by atoms with Gasteiger partial charge in [-0.15, -0.1) is 12.6 Å². The number of nitrogens with two attached hydrogens (primary N) is 2. The molecule has 0 radical (unpaired) electrons. The zero-order chi connectivity index (χ0) is 11.7. The number of rotatable bonds is 3. The van der Waals surface area contributed by atoms with E-state index in [1.54, 1.807) is 0 Å². The summed E-state index contributed by atoms with van der Waals surface area (Å²) in [5.41, 5.74) is 11.4. The highest BCUT2D eigenvalue weighted by Crippen LogP contribution is 2.07. The van der Waals surface area contributed by atoms with E-state index in [0.29, 0.717) is 0 Å². The van der Waals surface area contributed by atoms with E-state index in [1.807, 2.05) is 24.3 Å². The lowest BCUT2D eigenvalue weighted by molar-refractivity contribution is 0.403. The van der Waals surface area contributed by atoms with Crippen molar-refractivity contribution in [2.45, 2.75) is 11.3 Å². The number of hydrogen-bond acceptors (Lipinski definition) is 4. The van der Waals surface area contributed by atoms with Gasteiger partial charge in [0.2, 0.25) is 0 Å². The van der Waals surface area contributed by atoms with Crippen molar-refractivity contribution in [3.63, 3.8) is 0 Å². The van der Waals surface area contributed by atoms with E-state index in [2.05, 4.69) is 31.6 Å². The summed E-state index contributed by atoms with van der Waals surface area (Å²) < 4.78 is 0. The quantitative estimate of drug-likeness (QED) is 0.541. The first-order valence-electron chi connectivity index (χ1n) is 4.95. The van der Waals surface area contributed by atoms with Gasteiger partial charge < -0.3 is 16.4 Å². The molecule has 1 aromatic carbocycles. The molecule has 0 fully saturated rings. The van der Waals surface area contributed by atoms with Crippen LogP contribution in [0.5, 0.6) is 0 Å². The van der Waals surface area contributed by atoms with Gasteiger partial charge in [-0.05, 0) is 57.9 Å². The van der Waals surface area contributed by atoms with E-state index in [-0.39, 0.29) is 0 Å². The minimum absolute atomic E-state index is 0.780. The Bertz CT molecular complexity index is 226. The first-order valence-corrected chi connectivity index (χ1v) is 5.40. The molecule has 0 spiro atoms. The predicted molar refractivity (Wildman–Crippen MR) is 70.3 cm³/mol. The standard InChI is InChI=1S/C6H7NS.C5H14N2/c7-5-1-3-6(8)4-2-5;1-7(2)5-3-4-6/h1-4,8H,7H2;3-6H2,1-2H3. The molecule has 86 valence electrons. The fourth-order valence-corrected chi connectivity index (χ4v) is 1.03. The summed E-state index contributed by atoms with van der Waals surface area (Å²) in [6, 6.07) is 7.36. The third kappa shape index (κ3) is 9.59. The molecule has 1 aromatic rings. The zero-order valence-electron chi connectivity index (χ0n) is 9.48. The molecule has 0 aliphatic carbocycles. The summed E-state index contributed by atoms with van der Waals surface area (Å²) in [5, 5.41) is 0. The van der Waals surface area contributed by atoms with Crippen molar-refractivity contribution in [2.75, 3.05) is 32.9 Å². The fourth-order valence-electron chi connectivity index (χ4n) is 0.882. The Morgan fingerprint density at radius 2 is 1.73 bits per heavy atom. The minimum Gasteiger partial charge on any atom is -0.399 e. The smallest absolute Gasteiger partial charge is 0.0314 e. The Morgan fingerprint density at radius 3 is 2.00 bits per heavy atom.